The van der Waals surface area contributed by atoms with Crippen molar-refractivity contribution in [2.75, 3.05) is 25.0 Å². The second-order valence-corrected chi connectivity index (χ2v) is 7.25. The number of ether oxygens (including phenoxy) is 2. The molecular formula is C20H22F3N3O3. The van der Waals surface area contributed by atoms with Crippen molar-refractivity contribution >= 4 is 11.7 Å². The largest absolute Gasteiger partial charge is 0.483 e. The smallest absolute Gasteiger partial charge is 0.419 e. The zero-order valence-corrected chi connectivity index (χ0v) is 16.1. The second kappa shape index (κ2) is 8.18. The van der Waals surface area contributed by atoms with Gasteiger partial charge in [-0.05, 0) is 32.0 Å². The van der Waals surface area contributed by atoms with Crippen LogP contribution in [0.5, 0.6) is 11.5 Å². The Kier molecular flexibility index (Phi) is 5.86. The van der Waals surface area contributed by atoms with E-state index < -0.39 is 17.6 Å². The summed E-state index contributed by atoms with van der Waals surface area (Å²) in [5.74, 6) is 0.468. The summed E-state index contributed by atoms with van der Waals surface area (Å²) in [6.07, 6.45) is -2.48. The van der Waals surface area contributed by atoms with Crippen molar-refractivity contribution in [2.24, 2.45) is 0 Å². The van der Waals surface area contributed by atoms with Gasteiger partial charge in [-0.15, -0.1) is 0 Å². The van der Waals surface area contributed by atoms with Gasteiger partial charge in [0.25, 0.3) is 5.91 Å². The number of halogens is 3. The third kappa shape index (κ3) is 5.30. The first-order valence-electron chi connectivity index (χ1n) is 9.12. The molecule has 2 aromatic rings. The highest BCUT2D eigenvalue weighted by molar-refractivity contribution is 5.77. The first-order valence-corrected chi connectivity index (χ1v) is 9.12. The van der Waals surface area contributed by atoms with E-state index in [2.05, 4.69) is 15.6 Å². The van der Waals surface area contributed by atoms with Gasteiger partial charge in [0.05, 0.1) is 5.56 Å². The molecule has 2 N–H and O–H groups in total. The summed E-state index contributed by atoms with van der Waals surface area (Å²) in [4.78, 5) is 15.7. The van der Waals surface area contributed by atoms with Crippen LogP contribution in [-0.4, -0.2) is 36.2 Å². The lowest BCUT2D eigenvalue weighted by Crippen LogP contribution is -2.33. The van der Waals surface area contributed by atoms with Crippen LogP contribution in [0.4, 0.5) is 19.0 Å². The highest BCUT2D eigenvalue weighted by atomic mass is 19.4. The highest BCUT2D eigenvalue weighted by Crippen LogP contribution is 2.41. The predicted octanol–water partition coefficient (Wildman–Crippen LogP) is 3.42. The number of carbonyl (C=O) groups excluding carboxylic acids is 1. The van der Waals surface area contributed by atoms with E-state index >= 15 is 0 Å². The first kappa shape index (κ1) is 20.8. The molecule has 6 nitrogen and oxygen atoms in total. The lowest BCUT2D eigenvalue weighted by Gasteiger charge is -2.18. The number of amides is 1. The van der Waals surface area contributed by atoms with Crippen LogP contribution in [-0.2, 0) is 17.4 Å². The summed E-state index contributed by atoms with van der Waals surface area (Å²) in [6, 6.07) is 7.69. The Labute approximate surface area is 166 Å². The Hall–Kier alpha value is -2.97. The third-order valence-corrected chi connectivity index (χ3v) is 4.27. The number of alkyl halides is 3. The minimum atomic E-state index is -4.50. The molecule has 0 spiro atoms. The lowest BCUT2D eigenvalue weighted by molar-refractivity contribution is -0.137. The number of fused-ring (bicyclic) bond motifs is 1. The van der Waals surface area contributed by atoms with Crippen molar-refractivity contribution in [1.82, 2.24) is 10.3 Å². The van der Waals surface area contributed by atoms with Crippen molar-refractivity contribution in [1.29, 1.82) is 0 Å². The van der Waals surface area contributed by atoms with E-state index in [1.54, 1.807) is 6.07 Å². The SMILES string of the molecule is CC1(C)Cc2cccc(OCC(=O)NCCNc3ncccc3C(F)(F)F)c2O1. The van der Waals surface area contributed by atoms with Crippen molar-refractivity contribution in [3.05, 3.63) is 47.7 Å². The molecule has 1 aromatic carbocycles. The molecule has 156 valence electrons. The number of hydrogen-bond donors (Lipinski definition) is 2. The predicted molar refractivity (Wildman–Crippen MR) is 101 cm³/mol. The van der Waals surface area contributed by atoms with Gasteiger partial charge in [-0.25, -0.2) is 4.98 Å². The van der Waals surface area contributed by atoms with Gasteiger partial charge in [-0.2, -0.15) is 13.2 Å². The molecule has 1 aromatic heterocycles. The summed E-state index contributed by atoms with van der Waals surface area (Å²) >= 11 is 0. The number of aromatic nitrogens is 1. The maximum absolute atomic E-state index is 12.9. The molecule has 0 aliphatic carbocycles. The van der Waals surface area contributed by atoms with Gasteiger partial charge >= 0.3 is 6.18 Å². The van der Waals surface area contributed by atoms with E-state index in [-0.39, 0.29) is 31.1 Å². The molecular weight excluding hydrogens is 387 g/mol. The van der Waals surface area contributed by atoms with Crippen molar-refractivity contribution < 1.29 is 27.4 Å². The molecule has 0 fully saturated rings. The van der Waals surface area contributed by atoms with Gasteiger partial charge in [0.2, 0.25) is 0 Å². The molecule has 29 heavy (non-hydrogen) atoms. The maximum Gasteiger partial charge on any atom is 0.419 e. The van der Waals surface area contributed by atoms with Crippen molar-refractivity contribution in [3.63, 3.8) is 0 Å². The Balaban J connectivity index is 1.45. The number of rotatable bonds is 7. The van der Waals surface area contributed by atoms with Crippen LogP contribution in [0.25, 0.3) is 0 Å². The van der Waals surface area contributed by atoms with E-state index in [1.165, 1.54) is 12.3 Å². The summed E-state index contributed by atoms with van der Waals surface area (Å²) in [7, 11) is 0. The number of nitrogens with one attached hydrogen (secondary N) is 2. The van der Waals surface area contributed by atoms with E-state index in [4.69, 9.17) is 9.47 Å². The summed E-state index contributed by atoms with van der Waals surface area (Å²) < 4.78 is 50.2. The molecule has 3 rings (SSSR count). The standard InChI is InChI=1S/C20H22F3N3O3/c1-19(2)11-13-5-3-7-15(17(13)29-19)28-12-16(27)24-9-10-26-18-14(20(21,22)23)6-4-8-25-18/h3-8H,9-12H2,1-2H3,(H,24,27)(H,25,26). The second-order valence-electron chi connectivity index (χ2n) is 7.25. The van der Waals surface area contributed by atoms with Crippen molar-refractivity contribution in [2.45, 2.75) is 32.0 Å². The normalized spacial score (nSPS) is 14.7. The van der Waals surface area contributed by atoms with E-state index in [0.29, 0.717) is 11.5 Å². The number of benzene rings is 1. The Morgan fingerprint density at radius 3 is 2.79 bits per heavy atom. The number of pyridine rings is 1. The van der Waals surface area contributed by atoms with Crippen LogP contribution in [0, 0.1) is 0 Å². The van der Waals surface area contributed by atoms with Gasteiger partial charge in [-0.3, -0.25) is 4.79 Å². The quantitative estimate of drug-likeness (QED) is 0.686. The number of carbonyl (C=O) groups is 1. The van der Waals surface area contributed by atoms with Gasteiger partial charge in [0.15, 0.2) is 18.1 Å². The topological polar surface area (TPSA) is 72.5 Å². The molecule has 0 atom stereocenters. The number of nitrogens with zero attached hydrogens (tertiary/aromatic N) is 1. The molecule has 1 amide bonds. The molecule has 0 saturated heterocycles. The number of hydrogen-bond acceptors (Lipinski definition) is 5. The molecule has 9 heteroatoms. The van der Waals surface area contributed by atoms with E-state index in [1.807, 2.05) is 26.0 Å². The first-order chi connectivity index (χ1) is 13.7. The van der Waals surface area contributed by atoms with Crippen LogP contribution in [0.2, 0.25) is 0 Å². The van der Waals surface area contributed by atoms with Gasteiger partial charge in [0.1, 0.15) is 11.4 Å². The Bertz CT molecular complexity index is 885. The summed E-state index contributed by atoms with van der Waals surface area (Å²) in [6.45, 7) is 3.93. The Morgan fingerprint density at radius 1 is 1.24 bits per heavy atom. The van der Waals surface area contributed by atoms with Crippen LogP contribution in [0.3, 0.4) is 0 Å². The molecule has 0 saturated carbocycles. The monoisotopic (exact) mass is 409 g/mol. The minimum absolute atomic E-state index is 0.0872. The summed E-state index contributed by atoms with van der Waals surface area (Å²) in [5, 5.41) is 5.17. The number of para-hydroxylation sites is 1. The van der Waals surface area contributed by atoms with Gasteiger partial charge < -0.3 is 20.1 Å². The number of anilines is 1. The Morgan fingerprint density at radius 2 is 2.03 bits per heavy atom. The van der Waals surface area contributed by atoms with Crippen molar-refractivity contribution in [3.8, 4) is 11.5 Å². The molecule has 0 unspecified atom stereocenters. The fourth-order valence-electron chi connectivity index (χ4n) is 3.05. The molecule has 1 aliphatic rings. The summed E-state index contributed by atoms with van der Waals surface area (Å²) in [5.41, 5.74) is -0.153. The van der Waals surface area contributed by atoms with Gasteiger partial charge in [0, 0.05) is 31.3 Å². The van der Waals surface area contributed by atoms with Crippen LogP contribution >= 0.6 is 0 Å². The van der Waals surface area contributed by atoms with Crippen LogP contribution < -0.4 is 20.1 Å². The third-order valence-electron chi connectivity index (χ3n) is 4.27. The minimum Gasteiger partial charge on any atom is -0.483 e. The molecule has 0 bridgehead atoms. The molecule has 1 aliphatic heterocycles. The lowest BCUT2D eigenvalue weighted by atomic mass is 10.0. The zero-order chi connectivity index (χ0) is 21.1. The molecule has 2 heterocycles. The van der Waals surface area contributed by atoms with E-state index in [9.17, 15) is 18.0 Å². The van der Waals surface area contributed by atoms with Crippen LogP contribution in [0.1, 0.15) is 25.0 Å². The fourth-order valence-corrected chi connectivity index (χ4v) is 3.05. The maximum atomic E-state index is 12.9. The fraction of sp³-hybridized carbons (Fsp3) is 0.400. The van der Waals surface area contributed by atoms with Gasteiger partial charge in [-0.1, -0.05) is 12.1 Å². The highest BCUT2D eigenvalue weighted by Gasteiger charge is 2.34. The van der Waals surface area contributed by atoms with Crippen LogP contribution in [0.15, 0.2) is 36.5 Å². The van der Waals surface area contributed by atoms with E-state index in [0.717, 1.165) is 18.1 Å². The zero-order valence-electron chi connectivity index (χ0n) is 16.1. The average molecular weight is 409 g/mol. The molecule has 0 radical (unpaired) electrons. The average Bonchev–Trinajstić information content (AvgIpc) is 2.97.